The average molecular weight is 356 g/mol. The second kappa shape index (κ2) is 7.51. The number of anilines is 1. The molecule has 0 saturated carbocycles. The minimum absolute atomic E-state index is 0.516. The Hall–Kier alpha value is -2.96. The van der Waals surface area contributed by atoms with Gasteiger partial charge in [0.25, 0.3) is 0 Å². The van der Waals surface area contributed by atoms with Gasteiger partial charge in [-0.25, -0.2) is 0 Å². The van der Waals surface area contributed by atoms with Gasteiger partial charge >= 0.3 is 0 Å². The summed E-state index contributed by atoms with van der Waals surface area (Å²) < 4.78 is 19.2. The monoisotopic (exact) mass is 356 g/mol. The van der Waals surface area contributed by atoms with Crippen LogP contribution in [0.3, 0.4) is 0 Å². The molecule has 0 saturated heterocycles. The van der Waals surface area contributed by atoms with Gasteiger partial charge in [0.15, 0.2) is 23.0 Å². The molecule has 0 bridgehead atoms. The van der Waals surface area contributed by atoms with Crippen molar-refractivity contribution < 1.29 is 14.2 Å². The SMILES string of the molecule is CCOc1cc(-c2nnc3c(N)cc(C)cn23)cc(OCC)c1OCC. The molecule has 0 atom stereocenters. The Morgan fingerprint density at radius 3 is 2.12 bits per heavy atom. The summed E-state index contributed by atoms with van der Waals surface area (Å²) in [6.45, 7) is 9.32. The molecule has 0 spiro atoms. The molecule has 0 radical (unpaired) electrons. The number of rotatable bonds is 7. The lowest BCUT2D eigenvalue weighted by molar-refractivity contribution is 0.261. The molecule has 0 aliphatic carbocycles. The third kappa shape index (κ3) is 3.24. The Kier molecular flexibility index (Phi) is 5.16. The molecule has 2 aromatic heterocycles. The summed E-state index contributed by atoms with van der Waals surface area (Å²) in [5, 5.41) is 8.55. The van der Waals surface area contributed by atoms with Crippen LogP contribution >= 0.6 is 0 Å². The molecule has 26 heavy (non-hydrogen) atoms. The molecular weight excluding hydrogens is 332 g/mol. The van der Waals surface area contributed by atoms with Crippen LogP contribution < -0.4 is 19.9 Å². The molecule has 7 nitrogen and oxygen atoms in total. The van der Waals surface area contributed by atoms with Crippen LogP contribution in [0, 0.1) is 6.92 Å². The van der Waals surface area contributed by atoms with Crippen LogP contribution in [-0.4, -0.2) is 34.4 Å². The van der Waals surface area contributed by atoms with Gasteiger partial charge in [-0.2, -0.15) is 0 Å². The predicted octanol–water partition coefficient (Wildman–Crippen LogP) is 3.48. The number of ether oxygens (including phenoxy) is 3. The average Bonchev–Trinajstić information content (AvgIpc) is 3.02. The summed E-state index contributed by atoms with van der Waals surface area (Å²) >= 11 is 0. The highest BCUT2D eigenvalue weighted by atomic mass is 16.5. The van der Waals surface area contributed by atoms with Crippen LogP contribution in [0.1, 0.15) is 26.3 Å². The molecule has 0 unspecified atom stereocenters. The van der Waals surface area contributed by atoms with E-state index in [1.165, 1.54) is 0 Å². The van der Waals surface area contributed by atoms with E-state index in [1.54, 1.807) is 0 Å². The minimum atomic E-state index is 0.516. The number of aryl methyl sites for hydroxylation is 1. The number of aromatic nitrogens is 3. The first kappa shape index (κ1) is 17.8. The van der Waals surface area contributed by atoms with E-state index in [0.717, 1.165) is 11.1 Å². The van der Waals surface area contributed by atoms with Gasteiger partial charge in [-0.15, -0.1) is 10.2 Å². The van der Waals surface area contributed by atoms with Crippen LogP contribution in [0.5, 0.6) is 17.2 Å². The van der Waals surface area contributed by atoms with Gasteiger partial charge in [0.2, 0.25) is 5.75 Å². The number of nitrogens with zero attached hydrogens (tertiary/aromatic N) is 3. The lowest BCUT2D eigenvalue weighted by Crippen LogP contribution is -2.03. The molecule has 2 N–H and O–H groups in total. The number of hydrogen-bond donors (Lipinski definition) is 1. The first-order valence-corrected chi connectivity index (χ1v) is 8.76. The van der Waals surface area contributed by atoms with Crippen LogP contribution in [-0.2, 0) is 0 Å². The van der Waals surface area contributed by atoms with Gasteiger partial charge in [-0.3, -0.25) is 4.40 Å². The zero-order valence-electron chi connectivity index (χ0n) is 15.6. The zero-order chi connectivity index (χ0) is 18.7. The van der Waals surface area contributed by atoms with Crippen LogP contribution in [0.25, 0.3) is 17.0 Å². The number of fused-ring (bicyclic) bond motifs is 1. The highest BCUT2D eigenvalue weighted by molar-refractivity contribution is 5.72. The standard InChI is InChI=1S/C19H24N4O3/c1-5-24-15-9-13(10-16(25-6-2)17(15)26-7-3)18-21-22-19-14(20)8-12(4)11-23(18)19/h8-11H,5-7,20H2,1-4H3. The van der Waals surface area contributed by atoms with Crippen molar-refractivity contribution in [3.63, 3.8) is 0 Å². The lowest BCUT2D eigenvalue weighted by Gasteiger charge is -2.16. The highest BCUT2D eigenvalue weighted by Crippen LogP contribution is 2.41. The van der Waals surface area contributed by atoms with E-state index in [4.69, 9.17) is 19.9 Å². The molecular formula is C19H24N4O3. The molecule has 138 valence electrons. The first-order chi connectivity index (χ1) is 12.6. The summed E-state index contributed by atoms with van der Waals surface area (Å²) in [7, 11) is 0. The van der Waals surface area contributed by atoms with Gasteiger partial charge < -0.3 is 19.9 Å². The largest absolute Gasteiger partial charge is 0.490 e. The van der Waals surface area contributed by atoms with Gasteiger partial charge in [-0.1, -0.05) is 0 Å². The van der Waals surface area contributed by atoms with E-state index >= 15 is 0 Å². The number of nitrogens with two attached hydrogens (primary N) is 1. The number of pyridine rings is 1. The summed E-state index contributed by atoms with van der Waals surface area (Å²) in [6, 6.07) is 5.67. The van der Waals surface area contributed by atoms with Gasteiger partial charge in [0.05, 0.1) is 25.5 Å². The molecule has 0 amide bonds. The minimum Gasteiger partial charge on any atom is -0.490 e. The molecule has 1 aromatic carbocycles. The van der Waals surface area contributed by atoms with Crippen molar-refractivity contribution >= 4 is 11.3 Å². The molecule has 2 heterocycles. The summed E-state index contributed by atoms with van der Waals surface area (Å²) in [4.78, 5) is 0. The van der Waals surface area contributed by atoms with Crippen molar-refractivity contribution in [2.45, 2.75) is 27.7 Å². The van der Waals surface area contributed by atoms with Gasteiger partial charge in [0, 0.05) is 11.8 Å². The Morgan fingerprint density at radius 2 is 1.54 bits per heavy atom. The quantitative estimate of drug-likeness (QED) is 0.698. The zero-order valence-corrected chi connectivity index (χ0v) is 15.6. The summed E-state index contributed by atoms with van der Waals surface area (Å²) in [5.74, 6) is 2.50. The third-order valence-corrected chi connectivity index (χ3v) is 3.84. The third-order valence-electron chi connectivity index (χ3n) is 3.84. The maximum atomic E-state index is 6.07. The molecule has 3 rings (SSSR count). The van der Waals surface area contributed by atoms with Crippen LogP contribution in [0.15, 0.2) is 24.4 Å². The van der Waals surface area contributed by atoms with E-state index < -0.39 is 0 Å². The number of benzene rings is 1. The van der Waals surface area contributed by atoms with Crippen LogP contribution in [0.4, 0.5) is 5.69 Å². The Labute approximate surface area is 152 Å². The fourth-order valence-corrected chi connectivity index (χ4v) is 2.88. The highest BCUT2D eigenvalue weighted by Gasteiger charge is 2.19. The second-order valence-electron chi connectivity index (χ2n) is 5.79. The lowest BCUT2D eigenvalue weighted by atomic mass is 10.1. The summed E-state index contributed by atoms with van der Waals surface area (Å²) in [5.41, 5.74) is 9.13. The first-order valence-electron chi connectivity index (χ1n) is 8.76. The van der Waals surface area contributed by atoms with Gasteiger partial charge in [-0.05, 0) is 51.5 Å². The number of hydrogen-bond acceptors (Lipinski definition) is 6. The van der Waals surface area contributed by atoms with Crippen molar-refractivity contribution in [1.29, 1.82) is 0 Å². The van der Waals surface area contributed by atoms with E-state index in [0.29, 0.717) is 54.2 Å². The van der Waals surface area contributed by atoms with Crippen molar-refractivity contribution in [3.05, 3.63) is 30.0 Å². The molecule has 0 fully saturated rings. The smallest absolute Gasteiger partial charge is 0.203 e. The van der Waals surface area contributed by atoms with Crippen molar-refractivity contribution in [2.75, 3.05) is 25.6 Å². The molecule has 0 aliphatic rings. The maximum Gasteiger partial charge on any atom is 0.203 e. The Balaban J connectivity index is 2.21. The Morgan fingerprint density at radius 1 is 0.923 bits per heavy atom. The molecule has 7 heteroatoms. The topological polar surface area (TPSA) is 83.9 Å². The normalized spacial score (nSPS) is 10.9. The second-order valence-corrected chi connectivity index (χ2v) is 5.79. The van der Waals surface area contributed by atoms with Crippen molar-refractivity contribution in [2.24, 2.45) is 0 Å². The predicted molar refractivity (Wildman–Crippen MR) is 101 cm³/mol. The van der Waals surface area contributed by atoms with E-state index in [-0.39, 0.29) is 0 Å². The fraction of sp³-hybridized carbons (Fsp3) is 0.368. The molecule has 3 aromatic rings. The van der Waals surface area contributed by atoms with E-state index in [2.05, 4.69) is 10.2 Å². The number of nitrogen functional groups attached to an aromatic ring is 1. The summed E-state index contributed by atoms with van der Waals surface area (Å²) in [6.07, 6.45) is 1.96. The van der Waals surface area contributed by atoms with Crippen molar-refractivity contribution in [1.82, 2.24) is 14.6 Å². The van der Waals surface area contributed by atoms with Gasteiger partial charge in [0.1, 0.15) is 0 Å². The van der Waals surface area contributed by atoms with E-state index in [9.17, 15) is 0 Å². The molecule has 0 aliphatic heterocycles. The maximum absolute atomic E-state index is 6.07. The Bertz CT molecular complexity index is 894. The fourth-order valence-electron chi connectivity index (χ4n) is 2.88. The van der Waals surface area contributed by atoms with Crippen LogP contribution in [0.2, 0.25) is 0 Å². The van der Waals surface area contributed by atoms with E-state index in [1.807, 2.05) is 56.5 Å². The van der Waals surface area contributed by atoms with Crippen molar-refractivity contribution in [3.8, 4) is 28.6 Å².